The van der Waals surface area contributed by atoms with E-state index in [1.165, 1.54) is 0 Å². The maximum Gasteiger partial charge on any atom is 0.241 e. The summed E-state index contributed by atoms with van der Waals surface area (Å²) in [6.45, 7) is 5.98. The van der Waals surface area contributed by atoms with Crippen LogP contribution >= 0.6 is 0 Å². The zero-order valence-corrected chi connectivity index (χ0v) is 14.1. The van der Waals surface area contributed by atoms with Crippen LogP contribution in [-0.2, 0) is 17.1 Å². The van der Waals surface area contributed by atoms with Crippen molar-refractivity contribution >= 4 is 10.0 Å². The molecule has 0 fully saturated rings. The first-order chi connectivity index (χ1) is 10.3. The van der Waals surface area contributed by atoms with Crippen LogP contribution in [0.4, 0.5) is 0 Å². The lowest BCUT2D eigenvalue weighted by molar-refractivity contribution is 0.553. The first-order valence-corrected chi connectivity index (χ1v) is 8.79. The SMILES string of the molecule is CC[C@H](C)c1ccc(S(=O)(=O)N[C@H](C)c2nncn2C)cc1. The van der Waals surface area contributed by atoms with Crippen molar-refractivity contribution in [3.63, 3.8) is 0 Å². The summed E-state index contributed by atoms with van der Waals surface area (Å²) in [5, 5.41) is 7.69. The van der Waals surface area contributed by atoms with Crippen LogP contribution in [0.15, 0.2) is 35.5 Å². The Morgan fingerprint density at radius 2 is 1.86 bits per heavy atom. The van der Waals surface area contributed by atoms with Crippen molar-refractivity contribution in [2.75, 3.05) is 0 Å². The van der Waals surface area contributed by atoms with Crippen molar-refractivity contribution in [1.82, 2.24) is 19.5 Å². The number of hydrogen-bond donors (Lipinski definition) is 1. The van der Waals surface area contributed by atoms with Gasteiger partial charge in [-0.1, -0.05) is 26.0 Å². The number of sulfonamides is 1. The summed E-state index contributed by atoms with van der Waals surface area (Å²) >= 11 is 0. The van der Waals surface area contributed by atoms with Crippen LogP contribution in [0.25, 0.3) is 0 Å². The Balaban J connectivity index is 2.18. The van der Waals surface area contributed by atoms with Gasteiger partial charge in [0, 0.05) is 7.05 Å². The van der Waals surface area contributed by atoms with Crippen LogP contribution < -0.4 is 4.72 Å². The van der Waals surface area contributed by atoms with Gasteiger partial charge in [-0.15, -0.1) is 10.2 Å². The molecule has 1 heterocycles. The normalized spacial score (nSPS) is 14.7. The second-order valence-corrected chi connectivity index (χ2v) is 7.24. The van der Waals surface area contributed by atoms with Gasteiger partial charge in [-0.05, 0) is 37.0 Å². The molecule has 0 aliphatic rings. The molecule has 2 aromatic rings. The first kappa shape index (κ1) is 16.6. The number of hydrogen-bond acceptors (Lipinski definition) is 4. The Kier molecular flexibility index (Phi) is 4.97. The molecule has 1 N–H and O–H groups in total. The van der Waals surface area contributed by atoms with Crippen LogP contribution in [-0.4, -0.2) is 23.2 Å². The molecule has 0 saturated heterocycles. The van der Waals surface area contributed by atoms with Crippen molar-refractivity contribution in [2.24, 2.45) is 7.05 Å². The monoisotopic (exact) mass is 322 g/mol. The molecule has 120 valence electrons. The molecule has 0 aliphatic carbocycles. The van der Waals surface area contributed by atoms with Crippen molar-refractivity contribution in [1.29, 1.82) is 0 Å². The number of nitrogens with zero attached hydrogens (tertiary/aromatic N) is 3. The summed E-state index contributed by atoms with van der Waals surface area (Å²) in [6.07, 6.45) is 2.56. The maximum atomic E-state index is 12.4. The number of benzene rings is 1. The van der Waals surface area contributed by atoms with Crippen molar-refractivity contribution in [3.05, 3.63) is 42.0 Å². The van der Waals surface area contributed by atoms with Crippen molar-refractivity contribution < 1.29 is 8.42 Å². The molecule has 0 bridgehead atoms. The minimum Gasteiger partial charge on any atom is -0.319 e. The fourth-order valence-electron chi connectivity index (χ4n) is 2.25. The largest absolute Gasteiger partial charge is 0.319 e. The van der Waals surface area contributed by atoms with E-state index in [4.69, 9.17) is 0 Å². The standard InChI is InChI=1S/C15H22N4O2S/c1-5-11(2)13-6-8-14(9-7-13)22(20,21)18-12(3)15-17-16-10-19(15)4/h6-12,18H,5H2,1-4H3/t11-,12+/m0/s1. The smallest absolute Gasteiger partial charge is 0.241 e. The van der Waals surface area contributed by atoms with E-state index in [0.29, 0.717) is 11.7 Å². The number of aryl methyl sites for hydroxylation is 1. The van der Waals surface area contributed by atoms with Crippen LogP contribution in [0, 0.1) is 0 Å². The van der Waals surface area contributed by atoms with E-state index in [0.717, 1.165) is 12.0 Å². The van der Waals surface area contributed by atoms with E-state index in [2.05, 4.69) is 28.8 Å². The molecule has 6 nitrogen and oxygen atoms in total. The highest BCUT2D eigenvalue weighted by Crippen LogP contribution is 2.21. The molecule has 2 atom stereocenters. The van der Waals surface area contributed by atoms with Gasteiger partial charge in [-0.25, -0.2) is 13.1 Å². The minimum absolute atomic E-state index is 0.258. The molecule has 22 heavy (non-hydrogen) atoms. The molecule has 1 aromatic carbocycles. The van der Waals surface area contributed by atoms with Gasteiger partial charge in [0.2, 0.25) is 10.0 Å². The number of nitrogens with one attached hydrogen (secondary N) is 1. The second kappa shape index (κ2) is 6.58. The van der Waals surface area contributed by atoms with E-state index in [-0.39, 0.29) is 4.90 Å². The molecule has 0 saturated carbocycles. The van der Waals surface area contributed by atoms with Crippen LogP contribution in [0.3, 0.4) is 0 Å². The summed E-state index contributed by atoms with van der Waals surface area (Å²) in [5.41, 5.74) is 1.14. The fourth-order valence-corrected chi connectivity index (χ4v) is 3.45. The van der Waals surface area contributed by atoms with Crippen LogP contribution in [0.5, 0.6) is 0 Å². The molecule has 0 amide bonds. The molecular weight excluding hydrogens is 300 g/mol. The third-order valence-corrected chi connectivity index (χ3v) is 5.39. The Morgan fingerprint density at radius 3 is 2.36 bits per heavy atom. The summed E-state index contributed by atoms with van der Waals surface area (Å²) < 4.78 is 29.2. The highest BCUT2D eigenvalue weighted by atomic mass is 32.2. The zero-order valence-electron chi connectivity index (χ0n) is 13.3. The third kappa shape index (κ3) is 3.53. The van der Waals surface area contributed by atoms with Gasteiger partial charge in [-0.2, -0.15) is 0 Å². The van der Waals surface area contributed by atoms with Gasteiger partial charge < -0.3 is 4.57 Å². The van der Waals surface area contributed by atoms with Crippen molar-refractivity contribution in [3.8, 4) is 0 Å². The van der Waals surface area contributed by atoms with E-state index in [1.54, 1.807) is 37.0 Å². The lowest BCUT2D eigenvalue weighted by Gasteiger charge is -2.14. The van der Waals surface area contributed by atoms with E-state index in [1.807, 2.05) is 12.1 Å². The average molecular weight is 322 g/mol. The van der Waals surface area contributed by atoms with Gasteiger partial charge in [0.25, 0.3) is 0 Å². The third-order valence-electron chi connectivity index (χ3n) is 3.84. The Morgan fingerprint density at radius 1 is 1.23 bits per heavy atom. The molecule has 1 aromatic heterocycles. The Bertz CT molecular complexity index is 722. The fraction of sp³-hybridized carbons (Fsp3) is 0.467. The highest BCUT2D eigenvalue weighted by Gasteiger charge is 2.21. The first-order valence-electron chi connectivity index (χ1n) is 7.31. The van der Waals surface area contributed by atoms with Crippen molar-refractivity contribution in [2.45, 2.75) is 44.0 Å². The molecule has 0 spiro atoms. The zero-order chi connectivity index (χ0) is 16.3. The predicted molar refractivity (Wildman–Crippen MR) is 84.9 cm³/mol. The van der Waals surface area contributed by atoms with E-state index < -0.39 is 16.1 Å². The lowest BCUT2D eigenvalue weighted by Crippen LogP contribution is -2.28. The van der Waals surface area contributed by atoms with Gasteiger partial charge >= 0.3 is 0 Å². The molecule has 7 heteroatoms. The Hall–Kier alpha value is -1.73. The molecule has 0 radical (unpaired) electrons. The van der Waals surface area contributed by atoms with Crippen LogP contribution in [0.1, 0.15) is 50.5 Å². The maximum absolute atomic E-state index is 12.4. The molecule has 0 aliphatic heterocycles. The van der Waals surface area contributed by atoms with Gasteiger partial charge in [0.05, 0.1) is 10.9 Å². The van der Waals surface area contributed by atoms with Gasteiger partial charge in [0.1, 0.15) is 12.2 Å². The van der Waals surface area contributed by atoms with Crippen LogP contribution in [0.2, 0.25) is 0 Å². The van der Waals surface area contributed by atoms with E-state index >= 15 is 0 Å². The predicted octanol–water partition coefficient (Wildman–Crippen LogP) is 2.37. The number of rotatable bonds is 6. The van der Waals surface area contributed by atoms with E-state index in [9.17, 15) is 8.42 Å². The summed E-state index contributed by atoms with van der Waals surface area (Å²) in [5.74, 6) is 0.988. The minimum atomic E-state index is -3.58. The summed E-state index contributed by atoms with van der Waals surface area (Å²) in [4.78, 5) is 0.258. The molecule has 2 rings (SSSR count). The quantitative estimate of drug-likeness (QED) is 0.886. The lowest BCUT2D eigenvalue weighted by atomic mass is 9.99. The summed E-state index contributed by atoms with van der Waals surface area (Å²) in [6, 6.07) is 6.58. The molecule has 0 unspecified atom stereocenters. The highest BCUT2D eigenvalue weighted by molar-refractivity contribution is 7.89. The second-order valence-electron chi connectivity index (χ2n) is 5.52. The van der Waals surface area contributed by atoms with Gasteiger partial charge in [-0.3, -0.25) is 0 Å². The number of aromatic nitrogens is 3. The average Bonchev–Trinajstić information content (AvgIpc) is 2.92. The van der Waals surface area contributed by atoms with Gasteiger partial charge in [0.15, 0.2) is 0 Å². The molecular formula is C15H22N4O2S. The summed E-state index contributed by atoms with van der Waals surface area (Å²) in [7, 11) is -1.80. The Labute approximate surface area is 131 Å². The topological polar surface area (TPSA) is 76.9 Å².